The lowest BCUT2D eigenvalue weighted by atomic mass is 10.1. The third-order valence-electron chi connectivity index (χ3n) is 5.14. The molecule has 0 unspecified atom stereocenters. The second-order valence-corrected chi connectivity index (χ2v) is 6.96. The van der Waals surface area contributed by atoms with Crippen LogP contribution in [0.15, 0.2) is 71.3 Å². The van der Waals surface area contributed by atoms with E-state index in [4.69, 9.17) is 9.15 Å². The van der Waals surface area contributed by atoms with Crippen LogP contribution in [-0.4, -0.2) is 50.0 Å². The Morgan fingerprint density at radius 3 is 2.33 bits per heavy atom. The van der Waals surface area contributed by atoms with Gasteiger partial charge in [-0.25, -0.2) is 0 Å². The fraction of sp³-hybridized carbons (Fsp3) is 0.217. The molecule has 1 saturated heterocycles. The molecule has 2 amide bonds. The molecule has 0 radical (unpaired) electrons. The van der Waals surface area contributed by atoms with Gasteiger partial charge < -0.3 is 24.3 Å². The molecule has 2 heterocycles. The molecule has 1 fully saturated rings. The number of benzene rings is 2. The number of carbonyl (C=O) groups excluding carboxylic acids is 2. The van der Waals surface area contributed by atoms with E-state index < -0.39 is 0 Å². The molecule has 2 aromatic carbocycles. The molecular weight excluding hydrogens is 382 g/mol. The van der Waals surface area contributed by atoms with Crippen LogP contribution in [0.4, 0.5) is 11.4 Å². The molecule has 4 rings (SSSR count). The standard InChI is InChI=1S/C23H23N3O4/c1-29-20-6-3-2-5-19(20)22(27)24-17-8-10-18(11-9-17)25-12-14-26(15-13-25)23(28)21-7-4-16-30-21/h2-11,16H,12-15H2,1H3,(H,24,27). The van der Waals surface area contributed by atoms with Crippen molar-refractivity contribution >= 4 is 23.2 Å². The fourth-order valence-electron chi connectivity index (χ4n) is 3.51. The van der Waals surface area contributed by atoms with Gasteiger partial charge >= 0.3 is 0 Å². The lowest BCUT2D eigenvalue weighted by Gasteiger charge is -2.35. The monoisotopic (exact) mass is 405 g/mol. The van der Waals surface area contributed by atoms with E-state index in [1.54, 1.807) is 42.3 Å². The number of rotatable bonds is 5. The molecule has 0 bridgehead atoms. The van der Waals surface area contributed by atoms with Gasteiger partial charge in [-0.2, -0.15) is 0 Å². The maximum absolute atomic E-state index is 12.5. The van der Waals surface area contributed by atoms with E-state index in [1.807, 2.05) is 30.3 Å². The molecular formula is C23H23N3O4. The lowest BCUT2D eigenvalue weighted by molar-refractivity contribution is 0.0714. The number of hydrogen-bond donors (Lipinski definition) is 1. The minimum atomic E-state index is -0.217. The lowest BCUT2D eigenvalue weighted by Crippen LogP contribution is -2.48. The van der Waals surface area contributed by atoms with Crippen molar-refractivity contribution < 1.29 is 18.7 Å². The van der Waals surface area contributed by atoms with Gasteiger partial charge in [-0.1, -0.05) is 12.1 Å². The van der Waals surface area contributed by atoms with Crippen molar-refractivity contribution in [1.82, 2.24) is 4.90 Å². The van der Waals surface area contributed by atoms with Crippen LogP contribution >= 0.6 is 0 Å². The summed E-state index contributed by atoms with van der Waals surface area (Å²) in [5.74, 6) is 0.617. The maximum atomic E-state index is 12.5. The predicted octanol–water partition coefficient (Wildman–Crippen LogP) is 3.50. The van der Waals surface area contributed by atoms with Gasteiger partial charge in [0, 0.05) is 37.6 Å². The van der Waals surface area contributed by atoms with E-state index in [2.05, 4.69) is 10.2 Å². The largest absolute Gasteiger partial charge is 0.496 e. The number of amides is 2. The highest BCUT2D eigenvalue weighted by molar-refractivity contribution is 6.06. The molecule has 7 heteroatoms. The van der Waals surface area contributed by atoms with Crippen LogP contribution < -0.4 is 15.0 Å². The summed E-state index contributed by atoms with van der Waals surface area (Å²) in [4.78, 5) is 28.9. The Bertz CT molecular complexity index is 1010. The molecule has 1 aliphatic heterocycles. The summed E-state index contributed by atoms with van der Waals surface area (Å²) in [7, 11) is 1.54. The summed E-state index contributed by atoms with van der Waals surface area (Å²) in [5.41, 5.74) is 2.25. The minimum Gasteiger partial charge on any atom is -0.496 e. The van der Waals surface area contributed by atoms with Crippen molar-refractivity contribution in [2.75, 3.05) is 43.5 Å². The number of anilines is 2. The van der Waals surface area contributed by atoms with Gasteiger partial charge in [-0.3, -0.25) is 9.59 Å². The summed E-state index contributed by atoms with van der Waals surface area (Å²) in [6, 6.07) is 18.2. The number of ether oxygens (including phenoxy) is 1. The number of hydrogen-bond acceptors (Lipinski definition) is 5. The highest BCUT2D eigenvalue weighted by atomic mass is 16.5. The van der Waals surface area contributed by atoms with Gasteiger partial charge in [0.1, 0.15) is 5.75 Å². The summed E-state index contributed by atoms with van der Waals surface area (Å²) >= 11 is 0. The molecule has 1 N–H and O–H groups in total. The van der Waals surface area contributed by atoms with E-state index in [0.717, 1.165) is 18.8 Å². The van der Waals surface area contributed by atoms with E-state index in [-0.39, 0.29) is 11.8 Å². The molecule has 1 aliphatic rings. The van der Waals surface area contributed by atoms with Gasteiger partial charge in [-0.05, 0) is 48.5 Å². The summed E-state index contributed by atoms with van der Waals surface area (Å²) in [5, 5.41) is 2.90. The third kappa shape index (κ3) is 4.15. The van der Waals surface area contributed by atoms with E-state index in [1.165, 1.54) is 6.26 Å². The van der Waals surface area contributed by atoms with Gasteiger partial charge in [-0.15, -0.1) is 0 Å². The van der Waals surface area contributed by atoms with Gasteiger partial charge in [0.25, 0.3) is 11.8 Å². The van der Waals surface area contributed by atoms with Crippen LogP contribution in [0.5, 0.6) is 5.75 Å². The number of nitrogens with one attached hydrogen (secondary N) is 1. The van der Waals surface area contributed by atoms with Crippen LogP contribution in [0, 0.1) is 0 Å². The zero-order chi connectivity index (χ0) is 20.9. The quantitative estimate of drug-likeness (QED) is 0.703. The first-order valence-corrected chi connectivity index (χ1v) is 9.78. The average Bonchev–Trinajstić information content (AvgIpc) is 3.34. The molecule has 0 aliphatic carbocycles. The summed E-state index contributed by atoms with van der Waals surface area (Å²) < 4.78 is 10.5. The Hall–Kier alpha value is -3.74. The first kappa shape index (κ1) is 19.6. The Morgan fingerprint density at radius 2 is 1.67 bits per heavy atom. The van der Waals surface area contributed by atoms with Crippen LogP contribution in [0.3, 0.4) is 0 Å². The van der Waals surface area contributed by atoms with Gasteiger partial charge in [0.05, 0.1) is 18.9 Å². The van der Waals surface area contributed by atoms with E-state index in [9.17, 15) is 9.59 Å². The highest BCUT2D eigenvalue weighted by Gasteiger charge is 2.23. The van der Waals surface area contributed by atoms with Crippen LogP contribution in [0.25, 0.3) is 0 Å². The maximum Gasteiger partial charge on any atom is 0.289 e. The predicted molar refractivity (Wildman–Crippen MR) is 114 cm³/mol. The molecule has 0 atom stereocenters. The number of nitrogens with zero attached hydrogens (tertiary/aromatic N) is 2. The minimum absolute atomic E-state index is 0.0750. The molecule has 1 aromatic heterocycles. The molecule has 30 heavy (non-hydrogen) atoms. The van der Waals surface area contributed by atoms with Crippen LogP contribution in [0.2, 0.25) is 0 Å². The topological polar surface area (TPSA) is 75.0 Å². The van der Waals surface area contributed by atoms with Crippen molar-refractivity contribution in [1.29, 1.82) is 0 Å². The second-order valence-electron chi connectivity index (χ2n) is 6.96. The van der Waals surface area contributed by atoms with E-state index >= 15 is 0 Å². The number of carbonyl (C=O) groups is 2. The number of para-hydroxylation sites is 1. The first-order chi connectivity index (χ1) is 14.7. The van der Waals surface area contributed by atoms with Crippen molar-refractivity contribution in [2.24, 2.45) is 0 Å². The fourth-order valence-corrected chi connectivity index (χ4v) is 3.51. The zero-order valence-electron chi connectivity index (χ0n) is 16.7. The van der Waals surface area contributed by atoms with Crippen LogP contribution in [0.1, 0.15) is 20.9 Å². The van der Waals surface area contributed by atoms with Crippen molar-refractivity contribution in [3.63, 3.8) is 0 Å². The summed E-state index contributed by atoms with van der Waals surface area (Å²) in [6.45, 7) is 2.73. The smallest absolute Gasteiger partial charge is 0.289 e. The Labute approximate surface area is 174 Å². The molecule has 7 nitrogen and oxygen atoms in total. The summed E-state index contributed by atoms with van der Waals surface area (Å²) in [6.07, 6.45) is 1.51. The third-order valence-corrected chi connectivity index (χ3v) is 5.14. The molecule has 3 aromatic rings. The zero-order valence-corrected chi connectivity index (χ0v) is 16.7. The highest BCUT2D eigenvalue weighted by Crippen LogP contribution is 2.22. The van der Waals surface area contributed by atoms with E-state index in [0.29, 0.717) is 35.9 Å². The molecule has 0 spiro atoms. The van der Waals surface area contributed by atoms with Gasteiger partial charge in [0.2, 0.25) is 0 Å². The Balaban J connectivity index is 1.35. The van der Waals surface area contributed by atoms with Gasteiger partial charge in [0.15, 0.2) is 5.76 Å². The van der Waals surface area contributed by atoms with Crippen molar-refractivity contribution in [2.45, 2.75) is 0 Å². The number of methoxy groups -OCH3 is 1. The second kappa shape index (κ2) is 8.73. The first-order valence-electron chi connectivity index (χ1n) is 9.78. The van der Waals surface area contributed by atoms with Crippen LogP contribution in [-0.2, 0) is 0 Å². The molecule has 154 valence electrons. The van der Waals surface area contributed by atoms with Crippen molar-refractivity contribution in [3.05, 3.63) is 78.3 Å². The Morgan fingerprint density at radius 1 is 0.933 bits per heavy atom. The average molecular weight is 405 g/mol. The van der Waals surface area contributed by atoms with Crippen molar-refractivity contribution in [3.8, 4) is 5.75 Å². The number of furan rings is 1. The normalized spacial score (nSPS) is 13.8. The number of piperazine rings is 1. The Kier molecular flexibility index (Phi) is 5.70. The SMILES string of the molecule is COc1ccccc1C(=O)Nc1ccc(N2CCN(C(=O)c3ccco3)CC2)cc1. The molecule has 0 saturated carbocycles.